The number of halogens is 1. The summed E-state index contributed by atoms with van der Waals surface area (Å²) in [4.78, 5) is 14.1. The Labute approximate surface area is 62.8 Å². The van der Waals surface area contributed by atoms with E-state index in [1.807, 2.05) is 0 Å². The molecule has 1 aromatic rings. The average molecular weight is 156 g/mol. The summed E-state index contributed by atoms with van der Waals surface area (Å²) < 4.78 is 0. The van der Waals surface area contributed by atoms with Crippen LogP contribution in [0.15, 0.2) is 12.3 Å². The van der Waals surface area contributed by atoms with Gasteiger partial charge in [0.1, 0.15) is 5.69 Å². The van der Waals surface area contributed by atoms with Crippen LogP contribution >= 0.6 is 11.6 Å². The minimum absolute atomic E-state index is 0.0594. The van der Waals surface area contributed by atoms with Gasteiger partial charge < -0.3 is 5.73 Å². The normalized spacial score (nSPS) is 9.30. The van der Waals surface area contributed by atoms with E-state index in [-0.39, 0.29) is 10.7 Å². The summed E-state index contributed by atoms with van der Waals surface area (Å²) in [6, 6.07) is 4.09. The first-order chi connectivity index (χ1) is 4.72. The molecule has 1 rings (SSSR count). The third-order valence-corrected chi connectivity index (χ3v) is 1.22. The molecular formula is C6H4ClN2O. The van der Waals surface area contributed by atoms with Crippen molar-refractivity contribution < 1.29 is 4.79 Å². The topological polar surface area (TPSA) is 56.0 Å². The summed E-state index contributed by atoms with van der Waals surface area (Å²) in [5, 5.41) is 0.162. The zero-order valence-electron chi connectivity index (χ0n) is 4.97. The lowest BCUT2D eigenvalue weighted by molar-refractivity contribution is 0.0996. The highest BCUT2D eigenvalue weighted by Gasteiger charge is 2.05. The van der Waals surface area contributed by atoms with E-state index in [2.05, 4.69) is 11.1 Å². The Morgan fingerprint density at radius 1 is 1.80 bits per heavy atom. The number of hydrogen-bond donors (Lipinski definition) is 1. The fraction of sp³-hybridized carbons (Fsp3) is 0. The fourth-order valence-electron chi connectivity index (χ4n) is 0.519. The molecule has 10 heavy (non-hydrogen) atoms. The largest absolute Gasteiger partial charge is 0.364 e. The van der Waals surface area contributed by atoms with E-state index in [4.69, 9.17) is 17.3 Å². The van der Waals surface area contributed by atoms with Gasteiger partial charge in [-0.15, -0.1) is 0 Å². The second-order valence-electron chi connectivity index (χ2n) is 1.62. The number of nitrogens with two attached hydrogens (primary N) is 1. The van der Waals surface area contributed by atoms with E-state index in [1.54, 1.807) is 0 Å². The number of amides is 1. The van der Waals surface area contributed by atoms with Crippen molar-refractivity contribution in [2.45, 2.75) is 0 Å². The Morgan fingerprint density at radius 3 is 2.90 bits per heavy atom. The first kappa shape index (κ1) is 7.02. The van der Waals surface area contributed by atoms with E-state index in [0.29, 0.717) is 0 Å². The molecule has 0 atom stereocenters. The zero-order valence-corrected chi connectivity index (χ0v) is 5.72. The number of pyridine rings is 1. The molecular weight excluding hydrogens is 152 g/mol. The number of aromatic nitrogens is 1. The van der Waals surface area contributed by atoms with Crippen LogP contribution in [0.5, 0.6) is 0 Å². The molecule has 1 heterocycles. The summed E-state index contributed by atoms with van der Waals surface area (Å²) in [7, 11) is 0. The number of carbonyl (C=O) groups excluding carboxylic acids is 1. The van der Waals surface area contributed by atoms with Crippen LogP contribution in [0.1, 0.15) is 10.5 Å². The van der Waals surface area contributed by atoms with E-state index >= 15 is 0 Å². The van der Waals surface area contributed by atoms with Gasteiger partial charge in [0.05, 0.1) is 5.02 Å². The maximum Gasteiger partial charge on any atom is 0.268 e. The molecule has 1 aromatic heterocycles. The van der Waals surface area contributed by atoms with Crippen LogP contribution < -0.4 is 5.73 Å². The van der Waals surface area contributed by atoms with Crippen molar-refractivity contribution in [1.29, 1.82) is 0 Å². The molecule has 0 aliphatic carbocycles. The van der Waals surface area contributed by atoms with Crippen molar-refractivity contribution in [1.82, 2.24) is 4.98 Å². The Kier molecular flexibility index (Phi) is 1.87. The number of primary amides is 1. The Hall–Kier alpha value is -1.09. The van der Waals surface area contributed by atoms with Crippen molar-refractivity contribution in [2.24, 2.45) is 5.73 Å². The third-order valence-electron chi connectivity index (χ3n) is 0.930. The van der Waals surface area contributed by atoms with Crippen molar-refractivity contribution >= 4 is 17.5 Å². The monoisotopic (exact) mass is 155 g/mol. The third kappa shape index (κ3) is 1.25. The van der Waals surface area contributed by atoms with Gasteiger partial charge in [-0.05, 0) is 6.07 Å². The highest BCUT2D eigenvalue weighted by molar-refractivity contribution is 6.33. The Bertz CT molecular complexity index is 262. The maximum atomic E-state index is 10.5. The quantitative estimate of drug-likeness (QED) is 0.647. The molecule has 4 heteroatoms. The van der Waals surface area contributed by atoms with Gasteiger partial charge in [-0.25, -0.2) is 4.98 Å². The highest BCUT2D eigenvalue weighted by atomic mass is 35.5. The van der Waals surface area contributed by atoms with E-state index in [0.717, 1.165) is 0 Å². The standard InChI is InChI=1S/C6H4ClN2O/c7-4-2-1-3-9-5(4)6(8)10/h1,3H,(H2,8,10). The molecule has 1 radical (unpaired) electrons. The van der Waals surface area contributed by atoms with Gasteiger partial charge >= 0.3 is 0 Å². The van der Waals surface area contributed by atoms with Crippen LogP contribution in [0.2, 0.25) is 5.02 Å². The van der Waals surface area contributed by atoms with E-state index in [9.17, 15) is 4.79 Å². The van der Waals surface area contributed by atoms with Gasteiger partial charge in [-0.2, -0.15) is 0 Å². The molecule has 0 aromatic carbocycles. The smallest absolute Gasteiger partial charge is 0.268 e. The molecule has 51 valence electrons. The van der Waals surface area contributed by atoms with E-state index in [1.165, 1.54) is 12.3 Å². The van der Waals surface area contributed by atoms with Gasteiger partial charge in [0, 0.05) is 12.3 Å². The van der Waals surface area contributed by atoms with Crippen LogP contribution in [-0.4, -0.2) is 10.9 Å². The predicted molar refractivity (Wildman–Crippen MR) is 36.6 cm³/mol. The predicted octanol–water partition coefficient (Wildman–Crippen LogP) is 0.634. The lowest BCUT2D eigenvalue weighted by atomic mass is 10.3. The summed E-state index contributed by atoms with van der Waals surface area (Å²) in [5.41, 5.74) is 4.97. The first-order valence-electron chi connectivity index (χ1n) is 2.54. The fourth-order valence-corrected chi connectivity index (χ4v) is 0.724. The molecule has 3 nitrogen and oxygen atoms in total. The van der Waals surface area contributed by atoms with Crippen molar-refractivity contribution in [2.75, 3.05) is 0 Å². The molecule has 0 bridgehead atoms. The van der Waals surface area contributed by atoms with Gasteiger partial charge in [0.25, 0.3) is 5.91 Å². The molecule has 0 saturated heterocycles. The molecule has 0 aliphatic rings. The van der Waals surface area contributed by atoms with Gasteiger partial charge in [-0.3, -0.25) is 4.79 Å². The molecule has 0 fully saturated rings. The second-order valence-corrected chi connectivity index (χ2v) is 1.99. The average Bonchev–Trinajstić information content (AvgIpc) is 1.88. The van der Waals surface area contributed by atoms with E-state index < -0.39 is 5.91 Å². The molecule has 2 N–H and O–H groups in total. The van der Waals surface area contributed by atoms with Crippen molar-refractivity contribution in [3.8, 4) is 0 Å². The molecule has 1 amide bonds. The first-order valence-corrected chi connectivity index (χ1v) is 2.91. The summed E-state index contributed by atoms with van der Waals surface area (Å²) in [5.74, 6) is -0.637. The Balaban J connectivity index is 3.15. The van der Waals surface area contributed by atoms with Crippen molar-refractivity contribution in [3.05, 3.63) is 29.0 Å². The number of hydrogen-bond acceptors (Lipinski definition) is 2. The Morgan fingerprint density at radius 2 is 2.50 bits per heavy atom. The van der Waals surface area contributed by atoms with Crippen LogP contribution in [0.3, 0.4) is 0 Å². The summed E-state index contributed by atoms with van der Waals surface area (Å²) >= 11 is 5.50. The summed E-state index contributed by atoms with van der Waals surface area (Å²) in [6.45, 7) is 0. The molecule has 0 saturated carbocycles. The lowest BCUT2D eigenvalue weighted by Gasteiger charge is -1.93. The van der Waals surface area contributed by atoms with Crippen LogP contribution in [-0.2, 0) is 0 Å². The maximum absolute atomic E-state index is 10.5. The van der Waals surface area contributed by atoms with Gasteiger partial charge in [-0.1, -0.05) is 11.6 Å². The zero-order chi connectivity index (χ0) is 7.56. The van der Waals surface area contributed by atoms with Crippen LogP contribution in [0.25, 0.3) is 0 Å². The number of carbonyl (C=O) groups is 1. The molecule has 0 aliphatic heterocycles. The van der Waals surface area contributed by atoms with Crippen molar-refractivity contribution in [3.63, 3.8) is 0 Å². The molecule has 0 spiro atoms. The van der Waals surface area contributed by atoms with Gasteiger partial charge in [0.2, 0.25) is 0 Å². The summed E-state index contributed by atoms with van der Waals surface area (Å²) in [6.07, 6.45) is 1.41. The lowest BCUT2D eigenvalue weighted by Crippen LogP contribution is -2.13. The minimum atomic E-state index is -0.637. The van der Waals surface area contributed by atoms with Gasteiger partial charge in [0.15, 0.2) is 0 Å². The number of rotatable bonds is 1. The SMILES string of the molecule is NC(=O)c1ncc[c]c1Cl. The minimum Gasteiger partial charge on any atom is -0.364 e. The number of nitrogens with zero attached hydrogens (tertiary/aromatic N) is 1. The second kappa shape index (κ2) is 2.66. The highest BCUT2D eigenvalue weighted by Crippen LogP contribution is 2.09. The van der Waals surface area contributed by atoms with Crippen LogP contribution in [0.4, 0.5) is 0 Å². The van der Waals surface area contributed by atoms with Crippen LogP contribution in [0, 0.1) is 6.07 Å². The molecule has 0 unspecified atom stereocenters.